The van der Waals surface area contributed by atoms with Crippen LogP contribution in [0.25, 0.3) is 0 Å². The first-order valence-corrected chi connectivity index (χ1v) is 6.04. The van der Waals surface area contributed by atoms with E-state index in [2.05, 4.69) is 5.32 Å². The topological polar surface area (TPSA) is 95.9 Å². The fourth-order valence-corrected chi connectivity index (χ4v) is 2.03. The Kier molecular flexibility index (Phi) is 4.01. The van der Waals surface area contributed by atoms with Crippen LogP contribution in [-0.2, 0) is 9.53 Å². The Morgan fingerprint density at radius 2 is 2.21 bits per heavy atom. The lowest BCUT2D eigenvalue weighted by Gasteiger charge is -2.11. The molecule has 0 aliphatic carbocycles. The molecule has 0 saturated carbocycles. The van der Waals surface area contributed by atoms with Crippen molar-refractivity contribution < 1.29 is 24.5 Å². The normalized spacial score (nSPS) is 18.2. The van der Waals surface area contributed by atoms with Crippen LogP contribution >= 0.6 is 0 Å². The van der Waals surface area contributed by atoms with Gasteiger partial charge in [-0.05, 0) is 31.0 Å². The van der Waals surface area contributed by atoms with Gasteiger partial charge < -0.3 is 20.3 Å². The number of hydrogen-bond donors (Lipinski definition) is 3. The predicted molar refractivity (Wildman–Crippen MR) is 67.3 cm³/mol. The third kappa shape index (κ3) is 3.45. The molecule has 0 spiro atoms. The Morgan fingerprint density at radius 1 is 1.42 bits per heavy atom. The minimum absolute atomic E-state index is 0.0922. The lowest BCUT2D eigenvalue weighted by atomic mass is 10.1. The molecule has 1 atom stereocenters. The number of amides is 1. The van der Waals surface area contributed by atoms with Crippen LogP contribution in [0.4, 0.5) is 5.69 Å². The lowest BCUT2D eigenvalue weighted by molar-refractivity contribution is -0.118. The molecule has 1 aromatic carbocycles. The van der Waals surface area contributed by atoms with Crippen molar-refractivity contribution >= 4 is 17.6 Å². The number of ether oxygens (including phenoxy) is 1. The minimum Gasteiger partial charge on any atom is -0.508 e. The van der Waals surface area contributed by atoms with Gasteiger partial charge in [-0.25, -0.2) is 4.79 Å². The van der Waals surface area contributed by atoms with Gasteiger partial charge in [0.15, 0.2) is 0 Å². The summed E-state index contributed by atoms with van der Waals surface area (Å²) in [5, 5.41) is 20.8. The molecule has 1 aromatic rings. The predicted octanol–water partition coefficient (Wildman–Crippen LogP) is 1.60. The van der Waals surface area contributed by atoms with E-state index in [1.807, 2.05) is 0 Å². The van der Waals surface area contributed by atoms with E-state index in [0.29, 0.717) is 6.61 Å². The number of phenolic OH excluding ortho intramolecular Hbond substituents is 1. The summed E-state index contributed by atoms with van der Waals surface area (Å²) in [6, 6.07) is 3.80. The smallest absolute Gasteiger partial charge is 0.337 e. The van der Waals surface area contributed by atoms with E-state index in [1.54, 1.807) is 0 Å². The number of carboxylic acids is 1. The van der Waals surface area contributed by atoms with Crippen LogP contribution in [-0.4, -0.2) is 34.8 Å². The van der Waals surface area contributed by atoms with Gasteiger partial charge >= 0.3 is 5.97 Å². The first-order valence-electron chi connectivity index (χ1n) is 6.04. The lowest BCUT2D eigenvalue weighted by Crippen LogP contribution is -2.20. The van der Waals surface area contributed by atoms with E-state index in [-0.39, 0.29) is 35.4 Å². The number of carbonyl (C=O) groups is 2. The highest BCUT2D eigenvalue weighted by Gasteiger charge is 2.20. The van der Waals surface area contributed by atoms with Gasteiger partial charge in [0, 0.05) is 6.61 Å². The maximum Gasteiger partial charge on any atom is 0.337 e. The van der Waals surface area contributed by atoms with E-state index in [0.717, 1.165) is 18.9 Å². The summed E-state index contributed by atoms with van der Waals surface area (Å²) in [5.74, 6) is -1.65. The molecule has 2 rings (SSSR count). The third-order valence-electron chi connectivity index (χ3n) is 2.94. The highest BCUT2D eigenvalue weighted by Crippen LogP contribution is 2.22. The fraction of sp³-hybridized carbons (Fsp3) is 0.385. The second-order valence-electron chi connectivity index (χ2n) is 4.42. The van der Waals surface area contributed by atoms with E-state index in [1.165, 1.54) is 12.1 Å². The Morgan fingerprint density at radius 3 is 2.84 bits per heavy atom. The molecule has 1 fully saturated rings. The molecular formula is C13H15NO5. The molecule has 1 heterocycles. The van der Waals surface area contributed by atoms with Crippen molar-refractivity contribution in [3.63, 3.8) is 0 Å². The number of aromatic hydroxyl groups is 1. The number of anilines is 1. The fourth-order valence-electron chi connectivity index (χ4n) is 2.03. The number of phenols is 1. The molecule has 1 saturated heterocycles. The summed E-state index contributed by atoms with van der Waals surface area (Å²) in [6.45, 7) is 0.664. The summed E-state index contributed by atoms with van der Waals surface area (Å²) in [6.07, 6.45) is 1.90. The summed E-state index contributed by atoms with van der Waals surface area (Å²) in [7, 11) is 0. The Hall–Kier alpha value is -2.08. The SMILES string of the molecule is O=C(CC1CCCO1)Nc1ccc(O)cc1C(=O)O. The monoisotopic (exact) mass is 265 g/mol. The number of aromatic carboxylic acids is 1. The molecule has 0 radical (unpaired) electrons. The van der Waals surface area contributed by atoms with Crippen molar-refractivity contribution in [3.8, 4) is 5.75 Å². The zero-order chi connectivity index (χ0) is 13.8. The van der Waals surface area contributed by atoms with Crippen LogP contribution in [0.5, 0.6) is 5.75 Å². The maximum atomic E-state index is 11.8. The van der Waals surface area contributed by atoms with E-state index < -0.39 is 5.97 Å². The van der Waals surface area contributed by atoms with Gasteiger partial charge in [-0.2, -0.15) is 0 Å². The first kappa shape index (κ1) is 13.4. The number of carbonyl (C=O) groups excluding carboxylic acids is 1. The molecule has 1 unspecified atom stereocenters. The molecule has 1 aliphatic heterocycles. The van der Waals surface area contributed by atoms with Crippen molar-refractivity contribution in [1.82, 2.24) is 0 Å². The van der Waals surface area contributed by atoms with Crippen molar-refractivity contribution in [2.24, 2.45) is 0 Å². The van der Waals surface area contributed by atoms with Gasteiger partial charge in [0.25, 0.3) is 0 Å². The van der Waals surface area contributed by atoms with Crippen molar-refractivity contribution in [3.05, 3.63) is 23.8 Å². The third-order valence-corrected chi connectivity index (χ3v) is 2.94. The zero-order valence-electron chi connectivity index (χ0n) is 10.3. The van der Waals surface area contributed by atoms with Gasteiger partial charge in [-0.3, -0.25) is 4.79 Å². The van der Waals surface area contributed by atoms with E-state index in [4.69, 9.17) is 9.84 Å². The Bertz CT molecular complexity index is 494. The maximum absolute atomic E-state index is 11.8. The Balaban J connectivity index is 2.05. The standard InChI is InChI=1S/C13H15NO5/c15-8-3-4-11(10(6-8)13(17)18)14-12(16)7-9-2-1-5-19-9/h3-4,6,9,15H,1-2,5,7H2,(H,14,16)(H,17,18). The van der Waals surface area contributed by atoms with Crippen molar-refractivity contribution in [2.75, 3.05) is 11.9 Å². The van der Waals surface area contributed by atoms with Crippen LogP contribution in [0.15, 0.2) is 18.2 Å². The van der Waals surface area contributed by atoms with Crippen molar-refractivity contribution in [2.45, 2.75) is 25.4 Å². The molecule has 0 aromatic heterocycles. The summed E-state index contributed by atoms with van der Waals surface area (Å²) in [4.78, 5) is 22.8. The van der Waals surface area contributed by atoms with Gasteiger partial charge in [-0.15, -0.1) is 0 Å². The molecule has 3 N–H and O–H groups in total. The molecule has 1 aliphatic rings. The van der Waals surface area contributed by atoms with E-state index >= 15 is 0 Å². The van der Waals surface area contributed by atoms with Crippen LogP contribution in [0.1, 0.15) is 29.6 Å². The highest BCUT2D eigenvalue weighted by atomic mass is 16.5. The first-order chi connectivity index (χ1) is 9.06. The quantitative estimate of drug-likeness (QED) is 0.718. The molecule has 19 heavy (non-hydrogen) atoms. The number of benzene rings is 1. The minimum atomic E-state index is -1.21. The van der Waals surface area contributed by atoms with Gasteiger partial charge in [0.05, 0.1) is 23.8 Å². The van der Waals surface area contributed by atoms with Crippen LogP contribution in [0, 0.1) is 0 Å². The second kappa shape index (κ2) is 5.71. The number of nitrogens with one attached hydrogen (secondary N) is 1. The van der Waals surface area contributed by atoms with Crippen molar-refractivity contribution in [1.29, 1.82) is 0 Å². The van der Waals surface area contributed by atoms with Crippen LogP contribution < -0.4 is 5.32 Å². The summed E-state index contributed by atoms with van der Waals surface area (Å²) >= 11 is 0. The molecular weight excluding hydrogens is 250 g/mol. The van der Waals surface area contributed by atoms with E-state index in [9.17, 15) is 14.7 Å². The zero-order valence-corrected chi connectivity index (χ0v) is 10.3. The number of carboxylic acid groups (broad SMARTS) is 1. The summed E-state index contributed by atoms with van der Waals surface area (Å²) in [5.41, 5.74) is 0.0361. The average Bonchev–Trinajstić information content (AvgIpc) is 2.83. The van der Waals surface area contributed by atoms with Crippen LogP contribution in [0.2, 0.25) is 0 Å². The largest absolute Gasteiger partial charge is 0.508 e. The van der Waals surface area contributed by atoms with Gasteiger partial charge in [0.1, 0.15) is 5.75 Å². The number of rotatable bonds is 4. The molecule has 6 heteroatoms. The molecule has 1 amide bonds. The van der Waals surface area contributed by atoms with Crippen LogP contribution in [0.3, 0.4) is 0 Å². The van der Waals surface area contributed by atoms with Gasteiger partial charge in [0.2, 0.25) is 5.91 Å². The molecule has 0 bridgehead atoms. The van der Waals surface area contributed by atoms with Gasteiger partial charge in [-0.1, -0.05) is 0 Å². The summed E-state index contributed by atoms with van der Waals surface area (Å²) < 4.78 is 5.34. The molecule has 102 valence electrons. The second-order valence-corrected chi connectivity index (χ2v) is 4.42. The molecule has 6 nitrogen and oxygen atoms in total. The Labute approximate surface area is 110 Å². The highest BCUT2D eigenvalue weighted by molar-refractivity contribution is 6.00. The number of hydrogen-bond acceptors (Lipinski definition) is 4. The average molecular weight is 265 g/mol.